The number of aromatic nitrogens is 2. The van der Waals surface area contributed by atoms with Crippen molar-refractivity contribution in [2.24, 2.45) is 0 Å². The van der Waals surface area contributed by atoms with Crippen LogP contribution in [0.15, 0.2) is 48.5 Å². The number of hydrogen-bond acceptors (Lipinski definition) is 2. The van der Waals surface area contributed by atoms with Crippen LogP contribution in [0.1, 0.15) is 22.5 Å². The average Bonchev–Trinajstić information content (AvgIpc) is 2.87. The molecule has 0 unspecified atom stereocenters. The SMILES string of the molecule is Cc1nn(-c2ccc(F)cc2)c(C)c1CNCCc1cccc(F)c1. The smallest absolute Gasteiger partial charge is 0.123 e. The van der Waals surface area contributed by atoms with Gasteiger partial charge in [0.05, 0.1) is 11.4 Å². The van der Waals surface area contributed by atoms with Gasteiger partial charge in [-0.15, -0.1) is 0 Å². The third-order valence-electron chi connectivity index (χ3n) is 4.29. The van der Waals surface area contributed by atoms with Crippen LogP contribution < -0.4 is 5.32 Å². The molecule has 0 aliphatic rings. The molecule has 3 nitrogen and oxygen atoms in total. The topological polar surface area (TPSA) is 29.9 Å². The van der Waals surface area contributed by atoms with E-state index >= 15 is 0 Å². The first-order valence-corrected chi connectivity index (χ1v) is 8.31. The van der Waals surface area contributed by atoms with E-state index in [2.05, 4.69) is 10.4 Å². The first kappa shape index (κ1) is 17.3. The molecule has 0 aliphatic carbocycles. The average molecular weight is 341 g/mol. The summed E-state index contributed by atoms with van der Waals surface area (Å²) < 4.78 is 28.1. The van der Waals surface area contributed by atoms with Crippen LogP contribution >= 0.6 is 0 Å². The molecule has 1 aromatic heterocycles. The van der Waals surface area contributed by atoms with E-state index in [0.29, 0.717) is 6.54 Å². The number of nitrogens with zero attached hydrogens (tertiary/aromatic N) is 2. The van der Waals surface area contributed by atoms with Crippen molar-refractivity contribution >= 4 is 0 Å². The summed E-state index contributed by atoms with van der Waals surface area (Å²) in [5.41, 5.74) is 4.92. The Kier molecular flexibility index (Phi) is 5.24. The van der Waals surface area contributed by atoms with E-state index < -0.39 is 0 Å². The predicted molar refractivity (Wildman–Crippen MR) is 94.8 cm³/mol. The quantitative estimate of drug-likeness (QED) is 0.684. The Morgan fingerprint density at radius 3 is 2.48 bits per heavy atom. The van der Waals surface area contributed by atoms with E-state index in [1.807, 2.05) is 24.6 Å². The Balaban J connectivity index is 1.64. The molecule has 2 aromatic carbocycles. The maximum atomic E-state index is 13.2. The summed E-state index contributed by atoms with van der Waals surface area (Å²) in [4.78, 5) is 0. The molecule has 0 saturated heterocycles. The number of benzene rings is 2. The van der Waals surface area contributed by atoms with E-state index in [4.69, 9.17) is 0 Å². The third kappa shape index (κ3) is 4.12. The van der Waals surface area contributed by atoms with Crippen LogP contribution in [0.2, 0.25) is 0 Å². The van der Waals surface area contributed by atoms with E-state index in [1.54, 1.807) is 24.3 Å². The van der Waals surface area contributed by atoms with Crippen LogP contribution in [-0.4, -0.2) is 16.3 Å². The van der Waals surface area contributed by atoms with Crippen LogP contribution in [0.25, 0.3) is 5.69 Å². The molecule has 1 N–H and O–H groups in total. The van der Waals surface area contributed by atoms with Gasteiger partial charge in [0.2, 0.25) is 0 Å². The van der Waals surface area contributed by atoms with Crippen molar-refractivity contribution in [3.63, 3.8) is 0 Å². The summed E-state index contributed by atoms with van der Waals surface area (Å²) in [6, 6.07) is 13.0. The summed E-state index contributed by atoms with van der Waals surface area (Å²) in [6.45, 7) is 5.42. The first-order valence-electron chi connectivity index (χ1n) is 8.31. The maximum absolute atomic E-state index is 13.2. The van der Waals surface area contributed by atoms with Crippen molar-refractivity contribution in [2.75, 3.05) is 6.54 Å². The molecule has 25 heavy (non-hydrogen) atoms. The van der Waals surface area contributed by atoms with Gasteiger partial charge in [0.15, 0.2) is 0 Å². The largest absolute Gasteiger partial charge is 0.312 e. The van der Waals surface area contributed by atoms with Gasteiger partial charge in [-0.3, -0.25) is 0 Å². The Labute approximate surface area is 146 Å². The minimum atomic E-state index is -0.260. The van der Waals surface area contributed by atoms with Gasteiger partial charge in [0, 0.05) is 17.8 Å². The van der Waals surface area contributed by atoms with E-state index in [1.165, 1.54) is 18.2 Å². The lowest BCUT2D eigenvalue weighted by Gasteiger charge is -2.07. The number of hydrogen-bond donors (Lipinski definition) is 1. The van der Waals surface area contributed by atoms with Crippen LogP contribution in [-0.2, 0) is 13.0 Å². The summed E-state index contributed by atoms with van der Waals surface area (Å²) in [5, 5.41) is 7.95. The van der Waals surface area contributed by atoms with Crippen molar-refractivity contribution in [1.29, 1.82) is 0 Å². The molecule has 5 heteroatoms. The van der Waals surface area contributed by atoms with Crippen LogP contribution in [0, 0.1) is 25.5 Å². The lowest BCUT2D eigenvalue weighted by Crippen LogP contribution is -2.17. The Hall–Kier alpha value is -2.53. The molecule has 0 atom stereocenters. The zero-order valence-corrected chi connectivity index (χ0v) is 14.4. The molecule has 0 aliphatic heterocycles. The number of nitrogens with one attached hydrogen (secondary N) is 1. The maximum Gasteiger partial charge on any atom is 0.123 e. The van der Waals surface area contributed by atoms with Gasteiger partial charge in [0.1, 0.15) is 11.6 Å². The zero-order chi connectivity index (χ0) is 17.8. The van der Waals surface area contributed by atoms with Gasteiger partial charge in [-0.05, 0) is 68.8 Å². The molecule has 3 rings (SSSR count). The minimum absolute atomic E-state index is 0.204. The van der Waals surface area contributed by atoms with Crippen molar-refractivity contribution < 1.29 is 8.78 Å². The lowest BCUT2D eigenvalue weighted by molar-refractivity contribution is 0.622. The summed E-state index contributed by atoms with van der Waals surface area (Å²) in [5.74, 6) is -0.464. The molecule has 130 valence electrons. The van der Waals surface area contributed by atoms with Gasteiger partial charge in [-0.2, -0.15) is 5.10 Å². The zero-order valence-electron chi connectivity index (χ0n) is 14.4. The molecule has 1 heterocycles. The normalized spacial score (nSPS) is 11.0. The summed E-state index contributed by atoms with van der Waals surface area (Å²) >= 11 is 0. The number of rotatable bonds is 6. The molecular formula is C20H21F2N3. The number of halogens is 2. The van der Waals surface area contributed by atoms with E-state index in [0.717, 1.165) is 41.2 Å². The molecule has 0 amide bonds. The third-order valence-corrected chi connectivity index (χ3v) is 4.29. The second-order valence-corrected chi connectivity index (χ2v) is 6.09. The monoisotopic (exact) mass is 341 g/mol. The van der Waals surface area contributed by atoms with Gasteiger partial charge in [0.25, 0.3) is 0 Å². The summed E-state index contributed by atoms with van der Waals surface area (Å²) in [6.07, 6.45) is 0.766. The minimum Gasteiger partial charge on any atom is -0.312 e. The van der Waals surface area contributed by atoms with E-state index in [-0.39, 0.29) is 11.6 Å². The Morgan fingerprint density at radius 1 is 1.00 bits per heavy atom. The van der Waals surface area contributed by atoms with Crippen LogP contribution in [0.3, 0.4) is 0 Å². The van der Waals surface area contributed by atoms with Crippen molar-refractivity contribution in [3.8, 4) is 5.69 Å². The fourth-order valence-electron chi connectivity index (χ4n) is 2.90. The predicted octanol–water partition coefficient (Wildman–Crippen LogP) is 4.10. The molecule has 0 radical (unpaired) electrons. The van der Waals surface area contributed by atoms with Crippen molar-refractivity contribution in [1.82, 2.24) is 15.1 Å². The van der Waals surface area contributed by atoms with Gasteiger partial charge in [-0.1, -0.05) is 12.1 Å². The molecule has 0 fully saturated rings. The highest BCUT2D eigenvalue weighted by atomic mass is 19.1. The van der Waals surface area contributed by atoms with Crippen LogP contribution in [0.5, 0.6) is 0 Å². The highest BCUT2D eigenvalue weighted by molar-refractivity contribution is 5.37. The molecule has 0 spiro atoms. The van der Waals surface area contributed by atoms with Crippen molar-refractivity contribution in [2.45, 2.75) is 26.8 Å². The molecule has 0 saturated carbocycles. The first-order chi connectivity index (χ1) is 12.0. The highest BCUT2D eigenvalue weighted by Gasteiger charge is 2.12. The van der Waals surface area contributed by atoms with Gasteiger partial charge in [-0.25, -0.2) is 13.5 Å². The van der Waals surface area contributed by atoms with Crippen molar-refractivity contribution in [3.05, 3.63) is 82.7 Å². The van der Waals surface area contributed by atoms with E-state index in [9.17, 15) is 8.78 Å². The fraction of sp³-hybridized carbons (Fsp3) is 0.250. The Bertz CT molecular complexity index is 854. The lowest BCUT2D eigenvalue weighted by atomic mass is 10.1. The molecular weight excluding hydrogens is 320 g/mol. The molecule has 0 bridgehead atoms. The fourth-order valence-corrected chi connectivity index (χ4v) is 2.90. The van der Waals surface area contributed by atoms with Gasteiger partial charge < -0.3 is 5.32 Å². The molecule has 3 aromatic rings. The Morgan fingerprint density at radius 2 is 1.76 bits per heavy atom. The second kappa shape index (κ2) is 7.57. The number of aryl methyl sites for hydroxylation is 1. The second-order valence-electron chi connectivity index (χ2n) is 6.09. The standard InChI is InChI=1S/C20H21F2N3/c1-14-20(13-23-11-10-16-4-3-5-18(22)12-16)15(2)25(24-14)19-8-6-17(21)7-9-19/h3-9,12,23H,10-11,13H2,1-2H3. The van der Waals surface area contributed by atoms with Crippen LogP contribution in [0.4, 0.5) is 8.78 Å². The summed E-state index contributed by atoms with van der Waals surface area (Å²) in [7, 11) is 0. The highest BCUT2D eigenvalue weighted by Crippen LogP contribution is 2.18. The van der Waals surface area contributed by atoms with Gasteiger partial charge >= 0.3 is 0 Å².